The fourth-order valence-corrected chi connectivity index (χ4v) is 2.47. The molecule has 1 fully saturated rings. The minimum atomic E-state index is -0.197. The standard InChI is InChI=1S/C15H17ClN4O.ClH/c16-11-4-2-1-3-10(11)13-7-14(20-19-13)15(21)18-8-12(17)9-5-6-9;/h1-4,7,9,12H,5-6,8,17H2,(H,18,21)(H,19,20);1H. The van der Waals surface area contributed by atoms with Crippen LogP contribution in [0.2, 0.25) is 5.02 Å². The van der Waals surface area contributed by atoms with Gasteiger partial charge in [0.2, 0.25) is 0 Å². The molecule has 0 spiro atoms. The van der Waals surface area contributed by atoms with E-state index in [-0.39, 0.29) is 24.4 Å². The van der Waals surface area contributed by atoms with Crippen molar-refractivity contribution in [2.24, 2.45) is 11.7 Å². The molecule has 118 valence electrons. The van der Waals surface area contributed by atoms with Crippen molar-refractivity contribution in [1.82, 2.24) is 15.5 Å². The van der Waals surface area contributed by atoms with E-state index in [0.29, 0.717) is 28.9 Å². The molecule has 0 saturated heterocycles. The Morgan fingerprint density at radius 2 is 2.18 bits per heavy atom. The molecule has 1 aliphatic carbocycles. The zero-order valence-corrected chi connectivity index (χ0v) is 13.5. The SMILES string of the molecule is Cl.NC(CNC(=O)c1cc(-c2ccccc2Cl)n[nH]1)C1CC1. The van der Waals surface area contributed by atoms with E-state index >= 15 is 0 Å². The van der Waals surface area contributed by atoms with Gasteiger partial charge in [0.15, 0.2) is 0 Å². The lowest BCUT2D eigenvalue weighted by Gasteiger charge is -2.10. The van der Waals surface area contributed by atoms with Crippen molar-refractivity contribution in [1.29, 1.82) is 0 Å². The Morgan fingerprint density at radius 3 is 2.86 bits per heavy atom. The maximum Gasteiger partial charge on any atom is 0.269 e. The number of halogens is 2. The number of aromatic nitrogens is 2. The van der Waals surface area contributed by atoms with Crippen LogP contribution >= 0.6 is 24.0 Å². The van der Waals surface area contributed by atoms with Crippen molar-refractivity contribution in [3.8, 4) is 11.3 Å². The molecule has 3 rings (SSSR count). The lowest BCUT2D eigenvalue weighted by Crippen LogP contribution is -2.38. The number of carbonyl (C=O) groups excluding carboxylic acids is 1. The summed E-state index contributed by atoms with van der Waals surface area (Å²) in [4.78, 5) is 12.1. The first kappa shape index (κ1) is 16.8. The molecule has 5 nitrogen and oxygen atoms in total. The average Bonchev–Trinajstić information content (AvgIpc) is 3.23. The Balaban J connectivity index is 0.00000176. The first-order valence-corrected chi connectivity index (χ1v) is 7.37. The fourth-order valence-electron chi connectivity index (χ4n) is 2.24. The van der Waals surface area contributed by atoms with Crippen molar-refractivity contribution < 1.29 is 4.79 Å². The summed E-state index contributed by atoms with van der Waals surface area (Å²) in [7, 11) is 0. The van der Waals surface area contributed by atoms with Gasteiger partial charge in [-0.05, 0) is 30.9 Å². The zero-order chi connectivity index (χ0) is 14.8. The van der Waals surface area contributed by atoms with E-state index in [1.807, 2.05) is 18.2 Å². The van der Waals surface area contributed by atoms with Crippen LogP contribution in [0.5, 0.6) is 0 Å². The summed E-state index contributed by atoms with van der Waals surface area (Å²) < 4.78 is 0. The van der Waals surface area contributed by atoms with Crippen LogP contribution in [0.3, 0.4) is 0 Å². The molecule has 7 heteroatoms. The van der Waals surface area contributed by atoms with Crippen LogP contribution in [0.4, 0.5) is 0 Å². The molecule has 1 aromatic heterocycles. The second-order valence-corrected chi connectivity index (χ2v) is 5.77. The van der Waals surface area contributed by atoms with Gasteiger partial charge in [0.1, 0.15) is 5.69 Å². The molecular weight excluding hydrogens is 323 g/mol. The minimum absolute atomic E-state index is 0. The molecule has 22 heavy (non-hydrogen) atoms. The van der Waals surface area contributed by atoms with E-state index < -0.39 is 0 Å². The van der Waals surface area contributed by atoms with Crippen molar-refractivity contribution >= 4 is 29.9 Å². The van der Waals surface area contributed by atoms with Gasteiger partial charge in [-0.25, -0.2) is 0 Å². The third-order valence-corrected chi connectivity index (χ3v) is 4.03. The summed E-state index contributed by atoms with van der Waals surface area (Å²) >= 11 is 6.12. The molecular formula is C15H18Cl2N4O. The average molecular weight is 341 g/mol. The number of benzene rings is 1. The smallest absolute Gasteiger partial charge is 0.269 e. The van der Waals surface area contributed by atoms with E-state index in [1.165, 1.54) is 0 Å². The number of nitrogens with zero attached hydrogens (tertiary/aromatic N) is 1. The minimum Gasteiger partial charge on any atom is -0.349 e. The highest BCUT2D eigenvalue weighted by atomic mass is 35.5. The third-order valence-electron chi connectivity index (χ3n) is 3.70. The highest BCUT2D eigenvalue weighted by Gasteiger charge is 2.28. The summed E-state index contributed by atoms with van der Waals surface area (Å²) in [6.07, 6.45) is 2.33. The number of hydrogen-bond acceptors (Lipinski definition) is 3. The van der Waals surface area contributed by atoms with Gasteiger partial charge in [0.25, 0.3) is 5.91 Å². The van der Waals surface area contributed by atoms with E-state index in [9.17, 15) is 4.79 Å². The number of nitrogens with one attached hydrogen (secondary N) is 2. The second kappa shape index (κ2) is 7.13. The number of rotatable bonds is 5. The molecule has 1 unspecified atom stereocenters. The normalized spacial score (nSPS) is 15.0. The first-order valence-electron chi connectivity index (χ1n) is 6.99. The summed E-state index contributed by atoms with van der Waals surface area (Å²) in [6.45, 7) is 0.490. The van der Waals surface area contributed by atoms with Gasteiger partial charge in [0, 0.05) is 18.2 Å². The quantitative estimate of drug-likeness (QED) is 0.782. The summed E-state index contributed by atoms with van der Waals surface area (Å²) in [5, 5.41) is 10.3. The van der Waals surface area contributed by atoms with Gasteiger partial charge in [-0.3, -0.25) is 9.89 Å². The number of amides is 1. The first-order chi connectivity index (χ1) is 10.1. The highest BCUT2D eigenvalue weighted by molar-refractivity contribution is 6.33. The van der Waals surface area contributed by atoms with Gasteiger partial charge in [-0.1, -0.05) is 29.8 Å². The Kier molecular flexibility index (Phi) is 5.45. The fraction of sp³-hybridized carbons (Fsp3) is 0.333. The van der Waals surface area contributed by atoms with Crippen molar-refractivity contribution in [3.63, 3.8) is 0 Å². The Labute approximate surface area is 140 Å². The van der Waals surface area contributed by atoms with Gasteiger partial charge in [-0.2, -0.15) is 5.10 Å². The number of H-pyrrole nitrogens is 1. The molecule has 2 aromatic rings. The van der Waals surface area contributed by atoms with Crippen LogP contribution < -0.4 is 11.1 Å². The Bertz CT molecular complexity index is 654. The van der Waals surface area contributed by atoms with Gasteiger partial charge in [-0.15, -0.1) is 12.4 Å². The van der Waals surface area contributed by atoms with Gasteiger partial charge in [0.05, 0.1) is 10.7 Å². The highest BCUT2D eigenvalue weighted by Crippen LogP contribution is 2.31. The maximum atomic E-state index is 12.1. The third kappa shape index (κ3) is 3.80. The molecule has 0 aliphatic heterocycles. The lowest BCUT2D eigenvalue weighted by molar-refractivity contribution is 0.0945. The van der Waals surface area contributed by atoms with Crippen molar-refractivity contribution in [2.75, 3.05) is 6.54 Å². The van der Waals surface area contributed by atoms with E-state index in [2.05, 4.69) is 15.5 Å². The summed E-state index contributed by atoms with van der Waals surface area (Å²) in [6, 6.07) is 9.12. The van der Waals surface area contributed by atoms with Crippen LogP contribution in [0.25, 0.3) is 11.3 Å². The summed E-state index contributed by atoms with van der Waals surface area (Å²) in [5.74, 6) is 0.364. The van der Waals surface area contributed by atoms with Gasteiger partial charge < -0.3 is 11.1 Å². The molecule has 0 radical (unpaired) electrons. The number of hydrogen-bond donors (Lipinski definition) is 3. The molecule has 1 amide bonds. The monoisotopic (exact) mass is 340 g/mol. The maximum absolute atomic E-state index is 12.1. The Morgan fingerprint density at radius 1 is 1.45 bits per heavy atom. The van der Waals surface area contributed by atoms with E-state index in [0.717, 1.165) is 18.4 Å². The predicted molar refractivity (Wildman–Crippen MR) is 89.3 cm³/mol. The molecule has 0 bridgehead atoms. The van der Waals surface area contributed by atoms with Gasteiger partial charge >= 0.3 is 0 Å². The van der Waals surface area contributed by atoms with Crippen molar-refractivity contribution in [2.45, 2.75) is 18.9 Å². The molecule has 1 aromatic carbocycles. The molecule has 4 N–H and O–H groups in total. The number of carbonyl (C=O) groups is 1. The lowest BCUT2D eigenvalue weighted by atomic mass is 10.1. The van der Waals surface area contributed by atoms with Crippen LogP contribution in [0.1, 0.15) is 23.3 Å². The van der Waals surface area contributed by atoms with Crippen LogP contribution in [0, 0.1) is 5.92 Å². The molecule has 1 atom stereocenters. The molecule has 1 saturated carbocycles. The van der Waals surface area contributed by atoms with Crippen molar-refractivity contribution in [3.05, 3.63) is 41.0 Å². The van der Waals surface area contributed by atoms with E-state index in [4.69, 9.17) is 17.3 Å². The van der Waals surface area contributed by atoms with Crippen LogP contribution in [-0.2, 0) is 0 Å². The second-order valence-electron chi connectivity index (χ2n) is 5.36. The Hall–Kier alpha value is -1.56. The number of nitrogens with two attached hydrogens (primary N) is 1. The topological polar surface area (TPSA) is 83.8 Å². The molecule has 1 heterocycles. The number of aromatic amines is 1. The predicted octanol–water partition coefficient (Wildman–Crippen LogP) is 2.62. The van der Waals surface area contributed by atoms with E-state index in [1.54, 1.807) is 12.1 Å². The molecule has 1 aliphatic rings. The van der Waals surface area contributed by atoms with Crippen LogP contribution in [-0.4, -0.2) is 28.7 Å². The van der Waals surface area contributed by atoms with Crippen LogP contribution in [0.15, 0.2) is 30.3 Å². The summed E-state index contributed by atoms with van der Waals surface area (Å²) in [5.41, 5.74) is 7.82. The largest absolute Gasteiger partial charge is 0.349 e. The zero-order valence-electron chi connectivity index (χ0n) is 11.9.